The molecule has 6 rings (SSSR count). The Morgan fingerprint density at radius 3 is 2.31 bits per heavy atom. The normalized spacial score (nSPS) is 11.9. The van der Waals surface area contributed by atoms with Crippen molar-refractivity contribution >= 4 is 21.9 Å². The summed E-state index contributed by atoms with van der Waals surface area (Å²) < 4.78 is 2.25. The van der Waals surface area contributed by atoms with E-state index in [1.165, 1.54) is 10.9 Å². The van der Waals surface area contributed by atoms with Gasteiger partial charge in [0, 0.05) is 33.8 Å². The molecule has 6 aromatic rings. The van der Waals surface area contributed by atoms with Crippen LogP contribution in [0.4, 0.5) is 0 Å². The summed E-state index contributed by atoms with van der Waals surface area (Å²) in [6, 6.07) is 32.5. The number of phenolic OH excluding ortho intramolecular Hbond substituents is 1. The van der Waals surface area contributed by atoms with E-state index in [4.69, 9.17) is 9.97 Å². The number of nitrogens with zero attached hydrogens (tertiary/aromatic N) is 3. The molecule has 0 saturated heterocycles. The monoisotopic (exact) mass is 469 g/mol. The van der Waals surface area contributed by atoms with Crippen LogP contribution in [-0.2, 0) is 5.41 Å². The number of aromatic nitrogens is 3. The van der Waals surface area contributed by atoms with E-state index in [0.29, 0.717) is 0 Å². The molecule has 0 aliphatic carbocycles. The second-order valence-corrected chi connectivity index (χ2v) is 10.2. The average molecular weight is 470 g/mol. The Morgan fingerprint density at radius 2 is 1.47 bits per heavy atom. The Balaban J connectivity index is 1.61. The van der Waals surface area contributed by atoms with Crippen LogP contribution >= 0.6 is 0 Å². The first-order chi connectivity index (χ1) is 17.4. The lowest BCUT2D eigenvalue weighted by molar-refractivity contribution is 0.477. The number of hydrogen-bond acceptors (Lipinski definition) is 3. The van der Waals surface area contributed by atoms with Crippen molar-refractivity contribution in [2.45, 2.75) is 26.2 Å². The first-order valence-electron chi connectivity index (χ1n) is 12.2. The van der Waals surface area contributed by atoms with Crippen LogP contribution in [0.5, 0.6) is 5.75 Å². The Labute approximate surface area is 210 Å². The minimum Gasteiger partial charge on any atom is -0.507 e. The van der Waals surface area contributed by atoms with Crippen molar-refractivity contribution < 1.29 is 5.11 Å². The Hall–Kier alpha value is -4.44. The molecule has 0 atom stereocenters. The van der Waals surface area contributed by atoms with Crippen LogP contribution in [0.15, 0.2) is 103 Å². The molecule has 0 fully saturated rings. The first-order valence-corrected chi connectivity index (χ1v) is 12.2. The second-order valence-electron chi connectivity index (χ2n) is 10.2. The van der Waals surface area contributed by atoms with Crippen LogP contribution in [0.1, 0.15) is 26.3 Å². The molecule has 0 aliphatic rings. The van der Waals surface area contributed by atoms with Crippen molar-refractivity contribution in [1.82, 2.24) is 14.5 Å². The molecule has 0 unspecified atom stereocenters. The molecule has 1 N–H and O–H groups in total. The molecule has 0 spiro atoms. The summed E-state index contributed by atoms with van der Waals surface area (Å²) in [6.45, 7) is 6.68. The van der Waals surface area contributed by atoms with Crippen LogP contribution in [-0.4, -0.2) is 19.6 Å². The van der Waals surface area contributed by atoms with Gasteiger partial charge in [-0.2, -0.15) is 0 Å². The number of hydrogen-bond donors (Lipinski definition) is 1. The molecule has 4 heteroatoms. The Kier molecular flexibility index (Phi) is 5.11. The van der Waals surface area contributed by atoms with E-state index >= 15 is 0 Å². The molecule has 0 amide bonds. The van der Waals surface area contributed by atoms with Gasteiger partial charge in [0.2, 0.25) is 0 Å². The zero-order valence-corrected chi connectivity index (χ0v) is 20.6. The fourth-order valence-electron chi connectivity index (χ4n) is 4.81. The fourth-order valence-corrected chi connectivity index (χ4v) is 4.81. The molecule has 0 radical (unpaired) electrons. The lowest BCUT2D eigenvalue weighted by atomic mass is 9.85. The highest BCUT2D eigenvalue weighted by atomic mass is 16.3. The van der Waals surface area contributed by atoms with E-state index in [-0.39, 0.29) is 11.2 Å². The van der Waals surface area contributed by atoms with Crippen molar-refractivity contribution in [3.05, 3.63) is 109 Å². The summed E-state index contributed by atoms with van der Waals surface area (Å²) in [4.78, 5) is 9.73. The van der Waals surface area contributed by atoms with Crippen molar-refractivity contribution in [1.29, 1.82) is 0 Å². The molecule has 3 aromatic heterocycles. The van der Waals surface area contributed by atoms with Crippen LogP contribution < -0.4 is 0 Å². The number of para-hydroxylation sites is 2. The van der Waals surface area contributed by atoms with Crippen molar-refractivity contribution in [2.75, 3.05) is 0 Å². The minimum absolute atomic E-state index is 0.0632. The summed E-state index contributed by atoms with van der Waals surface area (Å²) in [5.74, 6) is 0.225. The molecule has 176 valence electrons. The van der Waals surface area contributed by atoms with Gasteiger partial charge < -0.3 is 5.11 Å². The van der Waals surface area contributed by atoms with Gasteiger partial charge in [0.05, 0.1) is 16.9 Å². The van der Waals surface area contributed by atoms with Crippen LogP contribution in [0, 0.1) is 0 Å². The maximum absolute atomic E-state index is 10.4. The largest absolute Gasteiger partial charge is 0.507 e. The van der Waals surface area contributed by atoms with E-state index in [1.807, 2.05) is 48.7 Å². The maximum Gasteiger partial charge on any atom is 0.145 e. The standard InChI is InChI=1S/C32H27N3O/c1-32(2,3)22-18-21(27-13-8-14-28(34-27)26-11-5-7-16-30(26)36)19-23(20-22)35-29-15-6-4-10-24(29)25-12-9-17-33-31(25)35/h4-20,36H,1-3H3. The van der Waals surface area contributed by atoms with Gasteiger partial charge in [-0.05, 0) is 71.6 Å². The molecule has 0 saturated carbocycles. The Bertz CT molecular complexity index is 1690. The number of phenols is 1. The number of pyridine rings is 2. The summed E-state index contributed by atoms with van der Waals surface area (Å²) >= 11 is 0. The highest BCUT2D eigenvalue weighted by Gasteiger charge is 2.20. The maximum atomic E-state index is 10.4. The number of benzene rings is 3. The number of rotatable bonds is 3. The Morgan fingerprint density at radius 1 is 0.722 bits per heavy atom. The van der Waals surface area contributed by atoms with Gasteiger partial charge in [0.15, 0.2) is 0 Å². The van der Waals surface area contributed by atoms with Gasteiger partial charge in [-0.3, -0.25) is 4.57 Å². The zero-order valence-electron chi connectivity index (χ0n) is 20.6. The third-order valence-corrected chi connectivity index (χ3v) is 6.70. The molecule has 36 heavy (non-hydrogen) atoms. The lowest BCUT2D eigenvalue weighted by Gasteiger charge is -2.22. The smallest absolute Gasteiger partial charge is 0.145 e. The van der Waals surface area contributed by atoms with E-state index in [0.717, 1.165) is 44.8 Å². The molecule has 3 aromatic carbocycles. The lowest BCUT2D eigenvalue weighted by Crippen LogP contribution is -2.12. The molecule has 0 bridgehead atoms. The van der Waals surface area contributed by atoms with Gasteiger partial charge in [-0.15, -0.1) is 0 Å². The summed E-state index contributed by atoms with van der Waals surface area (Å²) in [7, 11) is 0. The first kappa shape index (κ1) is 22.1. The summed E-state index contributed by atoms with van der Waals surface area (Å²) in [5, 5.41) is 12.7. The average Bonchev–Trinajstić information content (AvgIpc) is 3.23. The predicted molar refractivity (Wildman–Crippen MR) is 148 cm³/mol. The van der Waals surface area contributed by atoms with E-state index in [9.17, 15) is 5.11 Å². The number of aromatic hydroxyl groups is 1. The van der Waals surface area contributed by atoms with Crippen LogP contribution in [0.25, 0.3) is 50.1 Å². The van der Waals surface area contributed by atoms with Gasteiger partial charge in [-0.1, -0.05) is 57.2 Å². The highest BCUT2D eigenvalue weighted by molar-refractivity contribution is 6.07. The zero-order chi connectivity index (χ0) is 24.9. The third-order valence-electron chi connectivity index (χ3n) is 6.70. The SMILES string of the molecule is CC(C)(C)c1cc(-c2cccc(-c3ccccc3O)n2)cc(-n2c3ccccc3c3cccnc32)c1. The molecule has 3 heterocycles. The molecule has 0 aliphatic heterocycles. The van der Waals surface area contributed by atoms with Gasteiger partial charge in [0.25, 0.3) is 0 Å². The van der Waals surface area contributed by atoms with Gasteiger partial charge in [-0.25, -0.2) is 9.97 Å². The minimum atomic E-state index is -0.0632. The summed E-state index contributed by atoms with van der Waals surface area (Å²) in [6.07, 6.45) is 1.85. The van der Waals surface area contributed by atoms with Gasteiger partial charge >= 0.3 is 0 Å². The van der Waals surface area contributed by atoms with E-state index < -0.39 is 0 Å². The van der Waals surface area contributed by atoms with Crippen molar-refractivity contribution in [3.8, 4) is 34.0 Å². The fraction of sp³-hybridized carbons (Fsp3) is 0.125. The molecular formula is C32H27N3O. The third kappa shape index (κ3) is 3.72. The van der Waals surface area contributed by atoms with Gasteiger partial charge in [0.1, 0.15) is 11.4 Å². The summed E-state index contributed by atoms with van der Waals surface area (Å²) in [5.41, 5.74) is 7.61. The second kappa shape index (κ2) is 8.35. The topological polar surface area (TPSA) is 50.9 Å². The number of fused-ring (bicyclic) bond motifs is 3. The van der Waals surface area contributed by atoms with Crippen LogP contribution in [0.3, 0.4) is 0 Å². The molecule has 4 nitrogen and oxygen atoms in total. The quantitative estimate of drug-likeness (QED) is 0.286. The van der Waals surface area contributed by atoms with Crippen molar-refractivity contribution in [3.63, 3.8) is 0 Å². The van der Waals surface area contributed by atoms with Crippen LogP contribution in [0.2, 0.25) is 0 Å². The van der Waals surface area contributed by atoms with Crippen molar-refractivity contribution in [2.24, 2.45) is 0 Å². The highest BCUT2D eigenvalue weighted by Crippen LogP contribution is 2.36. The van der Waals surface area contributed by atoms with E-state index in [1.54, 1.807) is 6.07 Å². The predicted octanol–water partition coefficient (Wildman–Crippen LogP) is 7.91. The van der Waals surface area contributed by atoms with E-state index in [2.05, 4.69) is 73.9 Å². The molecular weight excluding hydrogens is 442 g/mol.